The minimum absolute atomic E-state index is 0.0204. The number of aliphatic hydroxyl groups is 2. The number of aliphatic hydroxyl groups excluding tert-OH is 2. The minimum atomic E-state index is -1.09. The van der Waals surface area contributed by atoms with E-state index in [2.05, 4.69) is 0 Å². The van der Waals surface area contributed by atoms with Gasteiger partial charge < -0.3 is 19.5 Å². The van der Waals surface area contributed by atoms with Crippen molar-refractivity contribution in [2.24, 2.45) is 0 Å². The van der Waals surface area contributed by atoms with Gasteiger partial charge in [0.2, 0.25) is 0 Å². The van der Waals surface area contributed by atoms with Crippen molar-refractivity contribution in [1.82, 2.24) is 9.55 Å². The van der Waals surface area contributed by atoms with Gasteiger partial charge in [0.15, 0.2) is 0 Å². The number of carbonyl (C=O) groups is 1. The average molecular weight is 513 g/mol. The zero-order valence-corrected chi connectivity index (χ0v) is 21.8. The summed E-state index contributed by atoms with van der Waals surface area (Å²) in [5, 5.41) is 20.9. The van der Waals surface area contributed by atoms with Gasteiger partial charge in [-0.25, -0.2) is 13.8 Å². The first-order chi connectivity index (χ1) is 17.3. The largest absolute Gasteiger partial charge is 0.460 e. The summed E-state index contributed by atoms with van der Waals surface area (Å²) in [6.07, 6.45) is 0.702. The fourth-order valence-corrected chi connectivity index (χ4v) is 3.90. The Labute approximate surface area is 216 Å². The predicted octanol–water partition coefficient (Wildman–Crippen LogP) is 5.93. The Balaban J connectivity index is 1.95. The molecule has 0 saturated carbocycles. The molecule has 3 aromatic rings. The lowest BCUT2D eigenvalue weighted by Gasteiger charge is -2.21. The van der Waals surface area contributed by atoms with Crippen molar-refractivity contribution in [3.8, 4) is 22.5 Å². The zero-order valence-electron chi connectivity index (χ0n) is 21.8. The molecule has 2 atom stereocenters. The van der Waals surface area contributed by atoms with Crippen LogP contribution in [0.5, 0.6) is 0 Å². The molecule has 0 saturated heterocycles. The Morgan fingerprint density at radius 2 is 1.54 bits per heavy atom. The highest BCUT2D eigenvalue weighted by molar-refractivity contribution is 5.80. The van der Waals surface area contributed by atoms with Crippen LogP contribution in [-0.4, -0.2) is 43.5 Å². The lowest BCUT2D eigenvalue weighted by atomic mass is 10.0. The molecule has 37 heavy (non-hydrogen) atoms. The molecule has 0 amide bonds. The number of halogens is 2. The highest BCUT2D eigenvalue weighted by atomic mass is 19.1. The highest BCUT2D eigenvalue weighted by Crippen LogP contribution is 2.35. The standard InChI is InChI=1S/C29H34F2N2O4/c1-18(2)28-32-26(19-6-10-21(30)11-7-19)27(20-8-12-22(31)13-9-20)33(28)15-14-23(34)16-24(35)17-25(36)37-29(3,4)5/h6-15,18,23-24,34-35H,16-17H2,1-5H3/b15-14+/t23-,24-/m1/s1. The molecule has 0 bridgehead atoms. The Morgan fingerprint density at radius 3 is 2.05 bits per heavy atom. The molecule has 0 radical (unpaired) electrons. The van der Waals surface area contributed by atoms with E-state index in [-0.39, 0.29) is 30.4 Å². The van der Waals surface area contributed by atoms with Crippen LogP contribution in [0, 0.1) is 11.6 Å². The number of rotatable bonds is 9. The molecule has 198 valence electrons. The quantitative estimate of drug-likeness (QED) is 0.347. The molecule has 0 fully saturated rings. The minimum Gasteiger partial charge on any atom is -0.460 e. The number of nitrogens with zero attached hydrogens (tertiary/aromatic N) is 2. The monoisotopic (exact) mass is 512 g/mol. The van der Waals surface area contributed by atoms with Crippen LogP contribution in [-0.2, 0) is 9.53 Å². The van der Waals surface area contributed by atoms with E-state index < -0.39 is 23.8 Å². The molecule has 0 aliphatic heterocycles. The SMILES string of the molecule is CC(C)c1nc(-c2ccc(F)cc2)c(-c2ccc(F)cc2)n1/C=C/[C@@H](O)C[C@@H](O)CC(=O)OC(C)(C)C. The smallest absolute Gasteiger partial charge is 0.308 e. The Bertz CT molecular complexity index is 1230. The maximum absolute atomic E-state index is 13.7. The van der Waals surface area contributed by atoms with E-state index in [1.807, 2.05) is 13.8 Å². The van der Waals surface area contributed by atoms with Crippen LogP contribution in [0.2, 0.25) is 0 Å². The van der Waals surface area contributed by atoms with Crippen LogP contribution in [0.15, 0.2) is 54.6 Å². The molecule has 1 heterocycles. The first-order valence-corrected chi connectivity index (χ1v) is 12.2. The number of benzene rings is 2. The molecule has 1 aromatic heterocycles. The molecule has 8 heteroatoms. The van der Waals surface area contributed by atoms with Gasteiger partial charge in [-0.15, -0.1) is 0 Å². The van der Waals surface area contributed by atoms with Crippen molar-refractivity contribution in [2.75, 3.05) is 0 Å². The molecule has 0 aliphatic carbocycles. The Hall–Kier alpha value is -3.36. The van der Waals surface area contributed by atoms with Crippen LogP contribution in [0.1, 0.15) is 59.2 Å². The summed E-state index contributed by atoms with van der Waals surface area (Å²) >= 11 is 0. The van der Waals surface area contributed by atoms with Gasteiger partial charge in [0, 0.05) is 29.7 Å². The molecule has 0 spiro atoms. The summed E-state index contributed by atoms with van der Waals surface area (Å²) in [6.45, 7) is 9.16. The number of esters is 1. The maximum atomic E-state index is 13.7. The van der Waals surface area contributed by atoms with E-state index in [9.17, 15) is 23.8 Å². The van der Waals surface area contributed by atoms with Crippen molar-refractivity contribution >= 4 is 12.2 Å². The van der Waals surface area contributed by atoms with Crippen molar-refractivity contribution in [3.63, 3.8) is 0 Å². The van der Waals surface area contributed by atoms with Gasteiger partial charge in [-0.3, -0.25) is 4.79 Å². The normalized spacial score (nSPS) is 13.8. The van der Waals surface area contributed by atoms with Crippen molar-refractivity contribution < 1.29 is 28.5 Å². The Morgan fingerprint density at radius 1 is 1.00 bits per heavy atom. The van der Waals surface area contributed by atoms with Crippen molar-refractivity contribution in [2.45, 2.75) is 71.2 Å². The summed E-state index contributed by atoms with van der Waals surface area (Å²) in [5.74, 6) is -0.643. The van der Waals surface area contributed by atoms with Crippen LogP contribution < -0.4 is 0 Å². The molecular weight excluding hydrogens is 478 g/mol. The third-order valence-corrected chi connectivity index (χ3v) is 5.48. The third-order valence-electron chi connectivity index (χ3n) is 5.48. The van der Waals surface area contributed by atoms with Crippen LogP contribution in [0.4, 0.5) is 8.78 Å². The topological polar surface area (TPSA) is 84.6 Å². The lowest BCUT2D eigenvalue weighted by molar-refractivity contribution is -0.157. The number of aromatic nitrogens is 2. The van der Waals surface area contributed by atoms with Gasteiger partial charge in [-0.2, -0.15) is 0 Å². The summed E-state index contributed by atoms with van der Waals surface area (Å²) in [4.78, 5) is 16.8. The maximum Gasteiger partial charge on any atom is 0.308 e. The highest BCUT2D eigenvalue weighted by Gasteiger charge is 2.23. The third kappa shape index (κ3) is 7.81. The van der Waals surface area contributed by atoms with E-state index in [0.717, 1.165) is 0 Å². The molecule has 2 aromatic carbocycles. The van der Waals surface area contributed by atoms with Gasteiger partial charge in [0.1, 0.15) is 23.1 Å². The predicted molar refractivity (Wildman–Crippen MR) is 140 cm³/mol. The van der Waals surface area contributed by atoms with Crippen LogP contribution in [0.3, 0.4) is 0 Å². The lowest BCUT2D eigenvalue weighted by Crippen LogP contribution is -2.27. The van der Waals surface area contributed by atoms with Gasteiger partial charge >= 0.3 is 5.97 Å². The summed E-state index contributed by atoms with van der Waals surface area (Å²) < 4.78 is 34.3. The number of imidazole rings is 1. The summed E-state index contributed by atoms with van der Waals surface area (Å²) in [5.41, 5.74) is 1.93. The fourth-order valence-electron chi connectivity index (χ4n) is 3.90. The van der Waals surface area contributed by atoms with Crippen molar-refractivity contribution in [3.05, 3.63) is 72.1 Å². The Kier molecular flexibility index (Phi) is 8.99. The number of ether oxygens (including phenoxy) is 1. The van der Waals surface area contributed by atoms with E-state index >= 15 is 0 Å². The van der Waals surface area contributed by atoms with E-state index in [1.54, 1.807) is 55.8 Å². The van der Waals surface area contributed by atoms with Gasteiger partial charge in [0.25, 0.3) is 0 Å². The summed E-state index contributed by atoms with van der Waals surface area (Å²) in [7, 11) is 0. The van der Waals surface area contributed by atoms with Gasteiger partial charge in [-0.05, 0) is 75.4 Å². The second-order valence-electron chi connectivity index (χ2n) is 10.3. The van der Waals surface area contributed by atoms with E-state index in [0.29, 0.717) is 28.3 Å². The number of hydrogen-bond donors (Lipinski definition) is 2. The summed E-state index contributed by atoms with van der Waals surface area (Å²) in [6, 6.07) is 11.9. The van der Waals surface area contributed by atoms with Crippen molar-refractivity contribution in [1.29, 1.82) is 0 Å². The second kappa shape index (κ2) is 11.8. The molecule has 6 nitrogen and oxygen atoms in total. The van der Waals surface area contributed by atoms with Gasteiger partial charge in [0.05, 0.1) is 30.0 Å². The molecular formula is C29H34F2N2O4. The zero-order chi connectivity index (χ0) is 27.3. The van der Waals surface area contributed by atoms with Crippen LogP contribution >= 0.6 is 0 Å². The van der Waals surface area contributed by atoms with E-state index in [4.69, 9.17) is 9.72 Å². The molecule has 2 N–H and O–H groups in total. The van der Waals surface area contributed by atoms with Crippen LogP contribution in [0.25, 0.3) is 28.7 Å². The molecule has 3 rings (SSSR count). The average Bonchev–Trinajstić information content (AvgIpc) is 3.17. The van der Waals surface area contributed by atoms with E-state index in [1.165, 1.54) is 30.3 Å². The number of hydrogen-bond acceptors (Lipinski definition) is 5. The first kappa shape index (κ1) is 28.2. The second-order valence-corrected chi connectivity index (χ2v) is 10.3. The molecule has 0 aliphatic rings. The fraction of sp³-hybridized carbons (Fsp3) is 0.379. The number of carbonyl (C=O) groups excluding carboxylic acids is 1. The first-order valence-electron chi connectivity index (χ1n) is 12.2. The van der Waals surface area contributed by atoms with Gasteiger partial charge in [-0.1, -0.05) is 13.8 Å². The molecule has 0 unspecified atom stereocenters.